The van der Waals surface area contributed by atoms with Gasteiger partial charge in [-0.05, 0) is 48.1 Å². The smallest absolute Gasteiger partial charge is 0.0551 e. The van der Waals surface area contributed by atoms with Crippen molar-refractivity contribution in [2.75, 3.05) is 0 Å². The Morgan fingerprint density at radius 1 is 1.37 bits per heavy atom. The first-order chi connectivity index (χ1) is 9.15. The van der Waals surface area contributed by atoms with Crippen molar-refractivity contribution in [2.45, 2.75) is 19.4 Å². The summed E-state index contributed by atoms with van der Waals surface area (Å²) in [5.41, 5.74) is 10.9. The summed E-state index contributed by atoms with van der Waals surface area (Å²) in [5, 5.41) is 8.27. The summed E-state index contributed by atoms with van der Waals surface area (Å²) in [6, 6.07) is 8.60. The Morgan fingerprint density at radius 3 is 2.95 bits per heavy atom. The largest absolute Gasteiger partial charge is 0.351 e. The molecule has 3 rings (SSSR count). The Morgan fingerprint density at radius 2 is 2.21 bits per heavy atom. The third kappa shape index (κ3) is 2.15. The standard InChI is InChI=1S/C15H18N4/c1-10-9-17-18-15(10)13(16)8-11-3-4-14-12(7-11)5-6-19(14)2/h3-7,9,13H,8,16H2,1-2H3,(H,17,18). The molecule has 19 heavy (non-hydrogen) atoms. The number of nitrogens with zero attached hydrogens (tertiary/aromatic N) is 2. The van der Waals surface area contributed by atoms with Gasteiger partial charge < -0.3 is 10.3 Å². The van der Waals surface area contributed by atoms with Crippen molar-refractivity contribution in [1.29, 1.82) is 0 Å². The third-order valence-electron chi connectivity index (χ3n) is 3.64. The fraction of sp³-hybridized carbons (Fsp3) is 0.267. The Bertz CT molecular complexity index is 708. The van der Waals surface area contributed by atoms with Crippen LogP contribution in [0.25, 0.3) is 10.9 Å². The Labute approximate surface area is 112 Å². The van der Waals surface area contributed by atoms with Gasteiger partial charge in [0.15, 0.2) is 0 Å². The molecule has 98 valence electrons. The lowest BCUT2D eigenvalue weighted by atomic mass is 10.0. The quantitative estimate of drug-likeness (QED) is 0.754. The van der Waals surface area contributed by atoms with Crippen molar-refractivity contribution in [3.8, 4) is 0 Å². The number of aromatic nitrogens is 3. The second kappa shape index (κ2) is 4.55. The summed E-state index contributed by atoms with van der Waals surface area (Å²) in [7, 11) is 2.06. The van der Waals surface area contributed by atoms with E-state index in [2.05, 4.69) is 52.3 Å². The molecule has 4 heteroatoms. The lowest BCUT2D eigenvalue weighted by Crippen LogP contribution is -2.15. The molecule has 0 saturated carbocycles. The molecule has 0 bridgehead atoms. The normalized spacial score (nSPS) is 13.0. The van der Waals surface area contributed by atoms with Crippen LogP contribution in [0.4, 0.5) is 0 Å². The van der Waals surface area contributed by atoms with E-state index in [0.717, 1.165) is 17.7 Å². The highest BCUT2D eigenvalue weighted by molar-refractivity contribution is 5.80. The fourth-order valence-corrected chi connectivity index (χ4v) is 2.55. The van der Waals surface area contributed by atoms with Gasteiger partial charge >= 0.3 is 0 Å². The summed E-state index contributed by atoms with van der Waals surface area (Å²) in [6.45, 7) is 2.03. The predicted molar refractivity (Wildman–Crippen MR) is 76.9 cm³/mol. The molecule has 1 aromatic carbocycles. The predicted octanol–water partition coefficient (Wildman–Crippen LogP) is 2.45. The minimum Gasteiger partial charge on any atom is -0.351 e. The van der Waals surface area contributed by atoms with Crippen LogP contribution in [0, 0.1) is 6.92 Å². The maximum absolute atomic E-state index is 6.25. The van der Waals surface area contributed by atoms with Crippen molar-refractivity contribution < 1.29 is 0 Å². The van der Waals surface area contributed by atoms with Crippen molar-refractivity contribution in [3.63, 3.8) is 0 Å². The lowest BCUT2D eigenvalue weighted by molar-refractivity contribution is 0.688. The van der Waals surface area contributed by atoms with E-state index < -0.39 is 0 Å². The molecule has 1 atom stereocenters. The first kappa shape index (κ1) is 12.0. The lowest BCUT2D eigenvalue weighted by Gasteiger charge is -2.11. The molecule has 0 spiro atoms. The molecule has 4 nitrogen and oxygen atoms in total. The van der Waals surface area contributed by atoms with Gasteiger partial charge in [0.05, 0.1) is 17.9 Å². The van der Waals surface area contributed by atoms with Gasteiger partial charge in [-0.2, -0.15) is 5.10 Å². The molecular weight excluding hydrogens is 236 g/mol. The van der Waals surface area contributed by atoms with Gasteiger partial charge in [0, 0.05) is 18.8 Å². The number of hydrogen-bond donors (Lipinski definition) is 2. The zero-order valence-electron chi connectivity index (χ0n) is 11.2. The number of aryl methyl sites for hydroxylation is 2. The molecule has 3 N–H and O–H groups in total. The van der Waals surface area contributed by atoms with Crippen LogP contribution >= 0.6 is 0 Å². The summed E-state index contributed by atoms with van der Waals surface area (Å²) in [6.07, 6.45) is 4.71. The number of H-pyrrole nitrogens is 1. The molecule has 0 saturated heterocycles. The van der Waals surface area contributed by atoms with Crippen molar-refractivity contribution in [1.82, 2.24) is 14.8 Å². The Balaban J connectivity index is 1.87. The van der Waals surface area contributed by atoms with E-state index in [1.54, 1.807) is 0 Å². The molecule has 3 aromatic rings. The van der Waals surface area contributed by atoms with E-state index in [0.29, 0.717) is 0 Å². The minimum atomic E-state index is -0.0383. The van der Waals surface area contributed by atoms with Gasteiger partial charge in [-0.3, -0.25) is 5.10 Å². The van der Waals surface area contributed by atoms with Crippen LogP contribution in [-0.2, 0) is 13.5 Å². The highest BCUT2D eigenvalue weighted by Crippen LogP contribution is 2.21. The number of benzene rings is 1. The summed E-state index contributed by atoms with van der Waals surface area (Å²) in [4.78, 5) is 0. The summed E-state index contributed by atoms with van der Waals surface area (Å²) >= 11 is 0. The van der Waals surface area contributed by atoms with Gasteiger partial charge in [0.2, 0.25) is 0 Å². The third-order valence-corrected chi connectivity index (χ3v) is 3.64. The maximum atomic E-state index is 6.25. The average molecular weight is 254 g/mol. The molecule has 0 aliphatic carbocycles. The highest BCUT2D eigenvalue weighted by Gasteiger charge is 2.12. The van der Waals surface area contributed by atoms with Gasteiger partial charge in [0.1, 0.15) is 0 Å². The topological polar surface area (TPSA) is 59.6 Å². The van der Waals surface area contributed by atoms with Crippen LogP contribution < -0.4 is 5.73 Å². The number of nitrogens with two attached hydrogens (primary N) is 1. The molecule has 2 aromatic heterocycles. The molecule has 0 aliphatic heterocycles. The van der Waals surface area contributed by atoms with Crippen molar-refractivity contribution in [2.24, 2.45) is 12.8 Å². The van der Waals surface area contributed by atoms with E-state index in [-0.39, 0.29) is 6.04 Å². The molecular formula is C15H18N4. The molecule has 1 unspecified atom stereocenters. The van der Waals surface area contributed by atoms with Crippen molar-refractivity contribution >= 4 is 10.9 Å². The van der Waals surface area contributed by atoms with E-state index in [1.165, 1.54) is 16.5 Å². The van der Waals surface area contributed by atoms with E-state index in [1.807, 2.05) is 13.1 Å². The van der Waals surface area contributed by atoms with Gasteiger partial charge in [-0.25, -0.2) is 0 Å². The van der Waals surface area contributed by atoms with Crippen LogP contribution in [-0.4, -0.2) is 14.8 Å². The van der Waals surface area contributed by atoms with Crippen LogP contribution in [0.2, 0.25) is 0 Å². The number of aromatic amines is 1. The van der Waals surface area contributed by atoms with Crippen LogP contribution in [0.3, 0.4) is 0 Å². The van der Waals surface area contributed by atoms with Gasteiger partial charge in [0.25, 0.3) is 0 Å². The van der Waals surface area contributed by atoms with Crippen LogP contribution in [0.5, 0.6) is 0 Å². The zero-order chi connectivity index (χ0) is 13.4. The zero-order valence-corrected chi connectivity index (χ0v) is 11.2. The SMILES string of the molecule is Cc1cn[nH]c1C(N)Cc1ccc2c(ccn2C)c1. The van der Waals surface area contributed by atoms with Gasteiger partial charge in [-0.15, -0.1) is 0 Å². The number of hydrogen-bond acceptors (Lipinski definition) is 2. The number of nitrogens with one attached hydrogen (secondary N) is 1. The second-order valence-corrected chi connectivity index (χ2v) is 5.10. The Hall–Kier alpha value is -2.07. The fourth-order valence-electron chi connectivity index (χ4n) is 2.55. The van der Waals surface area contributed by atoms with Crippen LogP contribution in [0.1, 0.15) is 22.9 Å². The molecule has 0 amide bonds. The average Bonchev–Trinajstić information content (AvgIpc) is 2.96. The second-order valence-electron chi connectivity index (χ2n) is 5.10. The monoisotopic (exact) mass is 254 g/mol. The maximum Gasteiger partial charge on any atom is 0.0551 e. The molecule has 2 heterocycles. The summed E-state index contributed by atoms with van der Waals surface area (Å²) in [5.74, 6) is 0. The van der Waals surface area contributed by atoms with E-state index in [9.17, 15) is 0 Å². The first-order valence-electron chi connectivity index (χ1n) is 6.44. The van der Waals surface area contributed by atoms with Gasteiger partial charge in [-0.1, -0.05) is 6.07 Å². The number of fused-ring (bicyclic) bond motifs is 1. The van der Waals surface area contributed by atoms with Crippen molar-refractivity contribution in [3.05, 3.63) is 53.5 Å². The van der Waals surface area contributed by atoms with E-state index >= 15 is 0 Å². The molecule has 0 fully saturated rings. The molecule has 0 aliphatic rings. The highest BCUT2D eigenvalue weighted by atomic mass is 15.1. The summed E-state index contributed by atoms with van der Waals surface area (Å²) < 4.78 is 2.12. The Kier molecular flexibility index (Phi) is 2.87. The first-order valence-corrected chi connectivity index (χ1v) is 6.44. The van der Waals surface area contributed by atoms with E-state index in [4.69, 9.17) is 5.73 Å². The number of rotatable bonds is 3. The van der Waals surface area contributed by atoms with Crippen LogP contribution in [0.15, 0.2) is 36.7 Å². The molecule has 0 radical (unpaired) electrons. The minimum absolute atomic E-state index is 0.0383.